The summed E-state index contributed by atoms with van der Waals surface area (Å²) in [5.74, 6) is 0.256. The van der Waals surface area contributed by atoms with Gasteiger partial charge in [-0.1, -0.05) is 35.3 Å². The summed E-state index contributed by atoms with van der Waals surface area (Å²) in [4.78, 5) is 19.3. The first-order valence-corrected chi connectivity index (χ1v) is 11.1. The topological polar surface area (TPSA) is 48.1 Å². The second-order valence-corrected chi connectivity index (χ2v) is 8.85. The summed E-state index contributed by atoms with van der Waals surface area (Å²) in [6.07, 6.45) is 0. The highest BCUT2D eigenvalue weighted by Crippen LogP contribution is 2.27. The number of ether oxygens (including phenoxy) is 1. The molecule has 1 amide bonds. The van der Waals surface area contributed by atoms with Crippen LogP contribution < -0.4 is 15.0 Å². The maximum absolute atomic E-state index is 12.5. The van der Waals surface area contributed by atoms with Gasteiger partial charge in [0.2, 0.25) is 0 Å². The fourth-order valence-electron chi connectivity index (χ4n) is 3.58. The van der Waals surface area contributed by atoms with E-state index in [0.717, 1.165) is 31.9 Å². The van der Waals surface area contributed by atoms with Gasteiger partial charge in [-0.15, -0.1) is 0 Å². The van der Waals surface area contributed by atoms with Crippen molar-refractivity contribution in [3.63, 3.8) is 0 Å². The lowest BCUT2D eigenvalue weighted by Crippen LogP contribution is -2.48. The van der Waals surface area contributed by atoms with Gasteiger partial charge in [0.25, 0.3) is 5.91 Å². The maximum atomic E-state index is 12.5. The van der Waals surface area contributed by atoms with Crippen LogP contribution >= 0.6 is 23.2 Å². The lowest BCUT2D eigenvalue weighted by atomic mass is 10.0. The van der Waals surface area contributed by atoms with E-state index in [2.05, 4.69) is 51.3 Å². The van der Waals surface area contributed by atoms with E-state index < -0.39 is 0 Å². The van der Waals surface area contributed by atoms with Crippen LogP contribution in [0.5, 0.6) is 5.75 Å². The molecule has 1 aliphatic heterocycles. The summed E-state index contributed by atoms with van der Waals surface area (Å²) in [5.41, 5.74) is 2.34. The van der Waals surface area contributed by atoms with Crippen molar-refractivity contribution in [1.82, 2.24) is 15.1 Å². The molecule has 0 saturated carbocycles. The highest BCUT2D eigenvalue weighted by molar-refractivity contribution is 6.35. The van der Waals surface area contributed by atoms with E-state index in [1.807, 2.05) is 14.1 Å². The molecule has 1 aliphatic rings. The molecule has 3 rings (SSSR count). The zero-order valence-corrected chi connectivity index (χ0v) is 19.8. The van der Waals surface area contributed by atoms with Crippen LogP contribution in [-0.2, 0) is 4.79 Å². The summed E-state index contributed by atoms with van der Waals surface area (Å²) in [6, 6.07) is 13.6. The molecule has 1 N–H and O–H groups in total. The van der Waals surface area contributed by atoms with Gasteiger partial charge in [0.15, 0.2) is 6.61 Å². The fraction of sp³-hybridized carbons (Fsp3) is 0.435. The molecule has 2 aromatic carbocycles. The van der Waals surface area contributed by atoms with Crippen molar-refractivity contribution in [2.24, 2.45) is 0 Å². The number of benzene rings is 2. The zero-order chi connectivity index (χ0) is 22.4. The first-order valence-electron chi connectivity index (χ1n) is 10.4. The maximum Gasteiger partial charge on any atom is 0.258 e. The van der Waals surface area contributed by atoms with Crippen molar-refractivity contribution in [2.45, 2.75) is 6.04 Å². The second kappa shape index (κ2) is 11.0. The molecule has 8 heteroatoms. The molecule has 0 bridgehead atoms. The molecule has 1 saturated heterocycles. The summed E-state index contributed by atoms with van der Waals surface area (Å²) in [6.45, 7) is 4.36. The lowest BCUT2D eigenvalue weighted by molar-refractivity contribution is -0.123. The Morgan fingerprint density at radius 2 is 1.77 bits per heavy atom. The summed E-state index contributed by atoms with van der Waals surface area (Å²) >= 11 is 12.0. The smallest absolute Gasteiger partial charge is 0.258 e. The lowest BCUT2D eigenvalue weighted by Gasteiger charge is -2.38. The minimum absolute atomic E-state index is 0.101. The second-order valence-electron chi connectivity index (χ2n) is 8.01. The van der Waals surface area contributed by atoms with Crippen molar-refractivity contribution in [3.8, 4) is 5.75 Å². The van der Waals surface area contributed by atoms with Crippen LogP contribution in [0.15, 0.2) is 42.5 Å². The van der Waals surface area contributed by atoms with E-state index in [0.29, 0.717) is 22.3 Å². The van der Waals surface area contributed by atoms with Crippen molar-refractivity contribution in [2.75, 3.05) is 65.4 Å². The number of rotatable bonds is 8. The number of nitrogens with one attached hydrogen (secondary N) is 1. The van der Waals surface area contributed by atoms with E-state index in [9.17, 15) is 4.79 Å². The molecule has 168 valence electrons. The van der Waals surface area contributed by atoms with Crippen molar-refractivity contribution in [1.29, 1.82) is 0 Å². The molecule has 1 unspecified atom stereocenters. The number of amides is 1. The largest absolute Gasteiger partial charge is 0.482 e. The Labute approximate surface area is 194 Å². The standard InChI is InChI=1S/C23H30Cl2N4O2/c1-27(2)19-7-4-17(5-8-19)21(29-12-10-28(3)11-13-29)15-26-23(30)16-31-22-9-6-18(24)14-20(22)25/h4-9,14,21H,10-13,15-16H2,1-3H3,(H,26,30). The van der Waals surface area contributed by atoms with E-state index in [1.165, 1.54) is 5.56 Å². The van der Waals surface area contributed by atoms with Gasteiger partial charge in [-0.2, -0.15) is 0 Å². The highest BCUT2D eigenvalue weighted by Gasteiger charge is 2.24. The minimum atomic E-state index is -0.185. The average molecular weight is 465 g/mol. The van der Waals surface area contributed by atoms with Crippen molar-refractivity contribution < 1.29 is 9.53 Å². The SMILES string of the molecule is CN1CCN(C(CNC(=O)COc2ccc(Cl)cc2Cl)c2ccc(N(C)C)cc2)CC1. The normalized spacial score (nSPS) is 16.0. The van der Waals surface area contributed by atoms with Gasteiger partial charge in [0.1, 0.15) is 5.75 Å². The molecular weight excluding hydrogens is 435 g/mol. The molecule has 1 heterocycles. The Bertz CT molecular complexity index is 868. The Morgan fingerprint density at radius 1 is 1.10 bits per heavy atom. The third-order valence-corrected chi connectivity index (χ3v) is 6.05. The van der Waals surface area contributed by atoms with Crippen LogP contribution in [0.1, 0.15) is 11.6 Å². The monoisotopic (exact) mass is 464 g/mol. The third kappa shape index (κ3) is 6.74. The predicted octanol–water partition coefficient (Wildman–Crippen LogP) is 3.54. The first-order chi connectivity index (χ1) is 14.8. The number of hydrogen-bond donors (Lipinski definition) is 1. The van der Waals surface area contributed by atoms with Gasteiger partial charge in [0.05, 0.1) is 11.1 Å². The fourth-order valence-corrected chi connectivity index (χ4v) is 4.05. The number of carbonyl (C=O) groups excluding carboxylic acids is 1. The predicted molar refractivity (Wildman–Crippen MR) is 128 cm³/mol. The van der Waals surface area contributed by atoms with Gasteiger partial charge < -0.3 is 19.9 Å². The van der Waals surface area contributed by atoms with Gasteiger partial charge >= 0.3 is 0 Å². The van der Waals surface area contributed by atoms with Crippen LogP contribution in [0.25, 0.3) is 0 Å². The summed E-state index contributed by atoms with van der Waals surface area (Å²) < 4.78 is 5.56. The molecule has 0 spiro atoms. The van der Waals surface area contributed by atoms with Crippen LogP contribution in [0.3, 0.4) is 0 Å². The van der Waals surface area contributed by atoms with Crippen LogP contribution in [0.4, 0.5) is 5.69 Å². The molecule has 0 aliphatic carbocycles. The van der Waals surface area contributed by atoms with Gasteiger partial charge in [-0.25, -0.2) is 0 Å². The Hall–Kier alpha value is -1.99. The van der Waals surface area contributed by atoms with E-state index in [-0.39, 0.29) is 18.6 Å². The Balaban J connectivity index is 1.63. The zero-order valence-electron chi connectivity index (χ0n) is 18.3. The third-order valence-electron chi connectivity index (χ3n) is 5.52. The quantitative estimate of drug-likeness (QED) is 0.647. The van der Waals surface area contributed by atoms with Crippen LogP contribution in [-0.4, -0.2) is 76.2 Å². The van der Waals surface area contributed by atoms with E-state index in [1.54, 1.807) is 18.2 Å². The van der Waals surface area contributed by atoms with Crippen molar-refractivity contribution in [3.05, 3.63) is 58.1 Å². The molecule has 1 atom stereocenters. The number of halogens is 2. The molecule has 1 fully saturated rings. The number of piperazine rings is 1. The summed E-state index contributed by atoms with van der Waals surface area (Å²) in [7, 11) is 6.19. The molecule has 0 aromatic heterocycles. The van der Waals surface area contributed by atoms with Crippen molar-refractivity contribution >= 4 is 34.8 Å². The molecule has 0 radical (unpaired) electrons. The molecule has 6 nitrogen and oxygen atoms in total. The number of hydrogen-bond acceptors (Lipinski definition) is 5. The number of anilines is 1. The van der Waals surface area contributed by atoms with Crippen LogP contribution in [0, 0.1) is 0 Å². The Kier molecular flexibility index (Phi) is 8.43. The van der Waals surface area contributed by atoms with E-state index in [4.69, 9.17) is 27.9 Å². The summed E-state index contributed by atoms with van der Waals surface area (Å²) in [5, 5.41) is 3.94. The van der Waals surface area contributed by atoms with Gasteiger partial charge in [-0.05, 0) is 42.9 Å². The van der Waals surface area contributed by atoms with Crippen LogP contribution in [0.2, 0.25) is 10.0 Å². The molecule has 2 aromatic rings. The number of nitrogens with zero attached hydrogens (tertiary/aromatic N) is 3. The Morgan fingerprint density at radius 3 is 2.39 bits per heavy atom. The van der Waals surface area contributed by atoms with E-state index >= 15 is 0 Å². The number of likely N-dealkylation sites (N-methyl/N-ethyl adjacent to an activating group) is 1. The van der Waals surface area contributed by atoms with Gasteiger partial charge in [0, 0.05) is 57.5 Å². The molecule has 31 heavy (non-hydrogen) atoms. The van der Waals surface area contributed by atoms with Gasteiger partial charge in [-0.3, -0.25) is 9.69 Å². The average Bonchev–Trinajstić information content (AvgIpc) is 2.75. The minimum Gasteiger partial charge on any atom is -0.482 e. The highest BCUT2D eigenvalue weighted by atomic mass is 35.5. The first kappa shape index (κ1) is 23.7. The number of carbonyl (C=O) groups is 1. The molecular formula is C23H30Cl2N4O2.